The lowest BCUT2D eigenvalue weighted by Crippen LogP contribution is -2.37. The quantitative estimate of drug-likeness (QED) is 0.896. The maximum Gasteiger partial charge on any atom is 0.0547 e. The Bertz CT molecular complexity index is 581. The Kier molecular flexibility index (Phi) is 5.51. The van der Waals surface area contributed by atoms with Gasteiger partial charge >= 0.3 is 0 Å². The van der Waals surface area contributed by atoms with Crippen molar-refractivity contribution >= 4 is 15.9 Å². The van der Waals surface area contributed by atoms with Gasteiger partial charge in [-0.1, -0.05) is 34.1 Å². The fourth-order valence-electron chi connectivity index (χ4n) is 2.66. The van der Waals surface area contributed by atoms with Crippen molar-refractivity contribution in [2.45, 2.75) is 32.5 Å². The highest BCUT2D eigenvalue weighted by Gasteiger charge is 2.21. The lowest BCUT2D eigenvalue weighted by atomic mass is 9.99. The second-order valence-corrected chi connectivity index (χ2v) is 6.46. The Morgan fingerprint density at radius 1 is 1.19 bits per heavy atom. The molecule has 0 bridgehead atoms. The van der Waals surface area contributed by atoms with E-state index in [1.165, 1.54) is 5.56 Å². The number of likely N-dealkylation sites (N-methyl/N-ethyl adjacent to an activating group) is 1. The molecule has 0 amide bonds. The first kappa shape index (κ1) is 16.1. The molecule has 1 heterocycles. The van der Waals surface area contributed by atoms with Crippen molar-refractivity contribution in [3.8, 4) is 0 Å². The number of aryl methyl sites for hydroxylation is 1. The molecule has 0 saturated carbocycles. The summed E-state index contributed by atoms with van der Waals surface area (Å²) >= 11 is 3.48. The van der Waals surface area contributed by atoms with Crippen LogP contribution in [0.2, 0.25) is 0 Å². The molecule has 0 saturated heterocycles. The molecule has 2 atom stereocenters. The Morgan fingerprint density at radius 3 is 2.43 bits per heavy atom. The smallest absolute Gasteiger partial charge is 0.0547 e. The number of hydrogen-bond acceptors (Lipinski definition) is 3. The van der Waals surface area contributed by atoms with E-state index in [0.29, 0.717) is 0 Å². The van der Waals surface area contributed by atoms with Crippen LogP contribution in [0.5, 0.6) is 0 Å². The van der Waals surface area contributed by atoms with Crippen molar-refractivity contribution in [1.29, 1.82) is 0 Å². The van der Waals surface area contributed by atoms with E-state index in [1.807, 2.05) is 26.0 Å². The first-order valence-electron chi connectivity index (χ1n) is 7.11. The van der Waals surface area contributed by atoms with E-state index < -0.39 is 0 Å². The van der Waals surface area contributed by atoms with Crippen molar-refractivity contribution in [3.05, 3.63) is 63.9 Å². The third-order valence-electron chi connectivity index (χ3n) is 3.54. The van der Waals surface area contributed by atoms with Crippen molar-refractivity contribution in [3.63, 3.8) is 0 Å². The van der Waals surface area contributed by atoms with Gasteiger partial charge < -0.3 is 5.73 Å². The molecule has 2 unspecified atom stereocenters. The van der Waals surface area contributed by atoms with Crippen LogP contribution < -0.4 is 5.73 Å². The summed E-state index contributed by atoms with van der Waals surface area (Å²) in [6.45, 7) is 4.85. The SMILES string of the molecule is Cc1cccc(CN(C)C(c2ccc(Br)cc2)C(C)N)n1. The molecule has 2 N–H and O–H groups in total. The average Bonchev–Trinajstić information content (AvgIpc) is 2.41. The summed E-state index contributed by atoms with van der Waals surface area (Å²) in [7, 11) is 2.10. The highest BCUT2D eigenvalue weighted by molar-refractivity contribution is 9.10. The van der Waals surface area contributed by atoms with E-state index in [-0.39, 0.29) is 12.1 Å². The first-order chi connectivity index (χ1) is 9.97. The standard InChI is InChI=1S/C17H22BrN3/c1-12-5-4-6-16(20-12)11-21(3)17(13(2)19)14-7-9-15(18)10-8-14/h4-10,13,17H,11,19H2,1-3H3. The minimum Gasteiger partial charge on any atom is -0.326 e. The number of nitrogens with two attached hydrogens (primary N) is 1. The summed E-state index contributed by atoms with van der Waals surface area (Å²) in [5, 5.41) is 0. The fraction of sp³-hybridized carbons (Fsp3) is 0.353. The van der Waals surface area contributed by atoms with Gasteiger partial charge in [0.2, 0.25) is 0 Å². The van der Waals surface area contributed by atoms with Crippen LogP contribution in [-0.4, -0.2) is 23.0 Å². The normalized spacial score (nSPS) is 14.2. The third kappa shape index (κ3) is 4.37. The minimum absolute atomic E-state index is 0.0426. The van der Waals surface area contributed by atoms with E-state index in [4.69, 9.17) is 5.73 Å². The highest BCUT2D eigenvalue weighted by atomic mass is 79.9. The van der Waals surface area contributed by atoms with E-state index in [2.05, 4.69) is 63.2 Å². The Hall–Kier alpha value is -1.23. The monoisotopic (exact) mass is 347 g/mol. The third-order valence-corrected chi connectivity index (χ3v) is 4.07. The van der Waals surface area contributed by atoms with Gasteiger partial charge in [-0.3, -0.25) is 9.88 Å². The van der Waals surface area contributed by atoms with Crippen molar-refractivity contribution < 1.29 is 0 Å². The molecular formula is C17H22BrN3. The van der Waals surface area contributed by atoms with Crippen LogP contribution in [0.25, 0.3) is 0 Å². The van der Waals surface area contributed by atoms with Crippen LogP contribution in [0.15, 0.2) is 46.9 Å². The summed E-state index contributed by atoms with van der Waals surface area (Å²) in [5.41, 5.74) is 9.56. The maximum atomic E-state index is 6.22. The fourth-order valence-corrected chi connectivity index (χ4v) is 2.93. The average molecular weight is 348 g/mol. The molecule has 2 aromatic rings. The van der Waals surface area contributed by atoms with Gasteiger partial charge in [-0.15, -0.1) is 0 Å². The van der Waals surface area contributed by atoms with Crippen LogP contribution in [0, 0.1) is 6.92 Å². The summed E-state index contributed by atoms with van der Waals surface area (Å²) in [4.78, 5) is 6.83. The number of halogens is 1. The molecule has 0 aliphatic heterocycles. The number of benzene rings is 1. The van der Waals surface area contributed by atoms with Crippen LogP contribution >= 0.6 is 15.9 Å². The topological polar surface area (TPSA) is 42.1 Å². The van der Waals surface area contributed by atoms with E-state index in [0.717, 1.165) is 22.4 Å². The first-order valence-corrected chi connectivity index (χ1v) is 7.90. The van der Waals surface area contributed by atoms with E-state index in [1.54, 1.807) is 0 Å². The molecular weight excluding hydrogens is 326 g/mol. The van der Waals surface area contributed by atoms with Crippen LogP contribution in [-0.2, 0) is 6.54 Å². The number of aromatic nitrogens is 1. The second kappa shape index (κ2) is 7.16. The van der Waals surface area contributed by atoms with Crippen molar-refractivity contribution in [2.75, 3.05) is 7.05 Å². The van der Waals surface area contributed by atoms with Crippen LogP contribution in [0.3, 0.4) is 0 Å². The molecule has 2 rings (SSSR count). The summed E-state index contributed by atoms with van der Waals surface area (Å²) in [6.07, 6.45) is 0. The molecule has 3 nitrogen and oxygen atoms in total. The van der Waals surface area contributed by atoms with Crippen LogP contribution in [0.4, 0.5) is 0 Å². The molecule has 0 aliphatic carbocycles. The van der Waals surface area contributed by atoms with Gasteiger partial charge in [0.1, 0.15) is 0 Å². The largest absolute Gasteiger partial charge is 0.326 e. The predicted molar refractivity (Wildman–Crippen MR) is 91.0 cm³/mol. The Balaban J connectivity index is 2.19. The van der Waals surface area contributed by atoms with Crippen molar-refractivity contribution in [1.82, 2.24) is 9.88 Å². The Labute approximate surface area is 135 Å². The van der Waals surface area contributed by atoms with Crippen LogP contribution in [0.1, 0.15) is 29.9 Å². The van der Waals surface area contributed by atoms with E-state index in [9.17, 15) is 0 Å². The van der Waals surface area contributed by atoms with Gasteiger partial charge in [0.25, 0.3) is 0 Å². The molecule has 0 radical (unpaired) electrons. The predicted octanol–water partition coefficient (Wildman–Crippen LogP) is 3.67. The van der Waals surface area contributed by atoms with Gasteiger partial charge in [-0.2, -0.15) is 0 Å². The molecule has 0 spiro atoms. The second-order valence-electron chi connectivity index (χ2n) is 5.54. The number of nitrogens with zero attached hydrogens (tertiary/aromatic N) is 2. The summed E-state index contributed by atoms with van der Waals surface area (Å²) in [6, 6.07) is 14.7. The zero-order valence-corrected chi connectivity index (χ0v) is 14.3. The number of rotatable bonds is 5. The number of pyridine rings is 1. The molecule has 1 aromatic heterocycles. The highest BCUT2D eigenvalue weighted by Crippen LogP contribution is 2.25. The van der Waals surface area contributed by atoms with Crippen molar-refractivity contribution in [2.24, 2.45) is 5.73 Å². The molecule has 0 aliphatic rings. The molecule has 112 valence electrons. The zero-order chi connectivity index (χ0) is 15.4. The summed E-state index contributed by atoms with van der Waals surface area (Å²) in [5.74, 6) is 0. The van der Waals surface area contributed by atoms with Gasteiger partial charge in [-0.25, -0.2) is 0 Å². The minimum atomic E-state index is 0.0426. The lowest BCUT2D eigenvalue weighted by molar-refractivity contribution is 0.208. The van der Waals surface area contributed by atoms with Gasteiger partial charge in [0.15, 0.2) is 0 Å². The van der Waals surface area contributed by atoms with Gasteiger partial charge in [0, 0.05) is 28.8 Å². The maximum absolute atomic E-state index is 6.22. The van der Waals surface area contributed by atoms with Gasteiger partial charge in [0.05, 0.1) is 5.69 Å². The lowest BCUT2D eigenvalue weighted by Gasteiger charge is -2.31. The zero-order valence-electron chi connectivity index (χ0n) is 12.8. The molecule has 0 fully saturated rings. The van der Waals surface area contributed by atoms with E-state index >= 15 is 0 Å². The molecule has 4 heteroatoms. The molecule has 1 aromatic carbocycles. The summed E-state index contributed by atoms with van der Waals surface area (Å²) < 4.78 is 1.08. The van der Waals surface area contributed by atoms with Gasteiger partial charge in [-0.05, 0) is 50.7 Å². The molecule has 21 heavy (non-hydrogen) atoms. The number of hydrogen-bond donors (Lipinski definition) is 1. The Morgan fingerprint density at radius 2 is 1.86 bits per heavy atom.